The Balaban J connectivity index is 1.20. The van der Waals surface area contributed by atoms with Crippen LogP contribution < -0.4 is 4.90 Å². The van der Waals surface area contributed by atoms with Crippen molar-refractivity contribution < 1.29 is 4.42 Å². The average molecular weight is 720 g/mol. The molecule has 0 aliphatic rings. The van der Waals surface area contributed by atoms with Gasteiger partial charge < -0.3 is 9.32 Å². The van der Waals surface area contributed by atoms with Gasteiger partial charge in [-0.2, -0.15) is 0 Å². The summed E-state index contributed by atoms with van der Waals surface area (Å²) in [6.45, 7) is 0. The number of hydrogen-bond donors (Lipinski definition) is 0. The standard InChI is InChI=1S/C52H33NOS/c1-2-13-36(14-3-1)41-16-6-7-17-42(41)45-29-30-46-44-19-9-11-21-50(44)55-52(46)51(45)53(40-28-31-49-47(33-40)43-18-8-10-20-48(43)54-49)39-26-24-35(25-27-39)38-23-22-34-12-4-5-15-37(34)32-38/h1-33H. The molecule has 9 aromatic carbocycles. The first kappa shape index (κ1) is 31.6. The van der Waals surface area contributed by atoms with E-state index in [4.69, 9.17) is 4.42 Å². The maximum absolute atomic E-state index is 6.35. The van der Waals surface area contributed by atoms with E-state index in [2.05, 4.69) is 199 Å². The molecule has 0 aliphatic heterocycles. The summed E-state index contributed by atoms with van der Waals surface area (Å²) in [7, 11) is 0. The molecule has 0 atom stereocenters. The minimum Gasteiger partial charge on any atom is -0.456 e. The van der Waals surface area contributed by atoms with Crippen LogP contribution >= 0.6 is 11.3 Å². The Labute approximate surface area is 322 Å². The topological polar surface area (TPSA) is 16.4 Å². The molecule has 3 heteroatoms. The molecule has 11 rings (SSSR count). The number of benzene rings is 9. The normalized spacial score (nSPS) is 11.6. The van der Waals surface area contributed by atoms with Gasteiger partial charge in [-0.05, 0) is 87.1 Å². The van der Waals surface area contributed by atoms with Crippen LogP contribution in [0.5, 0.6) is 0 Å². The first-order chi connectivity index (χ1) is 27.3. The summed E-state index contributed by atoms with van der Waals surface area (Å²) in [5.41, 5.74) is 12.2. The summed E-state index contributed by atoms with van der Waals surface area (Å²) in [5.74, 6) is 0. The third-order valence-corrected chi connectivity index (χ3v) is 12.1. The molecule has 0 saturated carbocycles. The Morgan fingerprint density at radius 3 is 1.91 bits per heavy atom. The molecule has 258 valence electrons. The smallest absolute Gasteiger partial charge is 0.135 e. The van der Waals surface area contributed by atoms with Gasteiger partial charge in [0.15, 0.2) is 0 Å². The second-order valence-corrected chi connectivity index (χ2v) is 15.1. The van der Waals surface area contributed by atoms with E-state index < -0.39 is 0 Å². The van der Waals surface area contributed by atoms with Crippen molar-refractivity contribution in [1.29, 1.82) is 0 Å². The van der Waals surface area contributed by atoms with Crippen molar-refractivity contribution in [2.24, 2.45) is 0 Å². The van der Waals surface area contributed by atoms with Crippen LogP contribution in [0.3, 0.4) is 0 Å². The van der Waals surface area contributed by atoms with Crippen molar-refractivity contribution in [1.82, 2.24) is 0 Å². The first-order valence-electron chi connectivity index (χ1n) is 18.7. The van der Waals surface area contributed by atoms with E-state index in [1.54, 1.807) is 0 Å². The molecule has 0 bridgehead atoms. The second kappa shape index (κ2) is 12.9. The lowest BCUT2D eigenvalue weighted by Gasteiger charge is -2.29. The second-order valence-electron chi connectivity index (χ2n) is 14.1. The van der Waals surface area contributed by atoms with Gasteiger partial charge in [-0.3, -0.25) is 0 Å². The molecule has 0 amide bonds. The highest BCUT2D eigenvalue weighted by Gasteiger charge is 2.25. The summed E-state index contributed by atoms with van der Waals surface area (Å²) in [4.78, 5) is 2.47. The van der Waals surface area contributed by atoms with E-state index in [9.17, 15) is 0 Å². The minimum atomic E-state index is 0.881. The number of para-hydroxylation sites is 1. The van der Waals surface area contributed by atoms with Crippen LogP contribution in [0.4, 0.5) is 17.1 Å². The summed E-state index contributed by atoms with van der Waals surface area (Å²) in [5, 5.41) is 7.22. The number of nitrogens with zero attached hydrogens (tertiary/aromatic N) is 1. The molecule has 0 fully saturated rings. The zero-order valence-electron chi connectivity index (χ0n) is 29.8. The monoisotopic (exact) mass is 719 g/mol. The lowest BCUT2D eigenvalue weighted by molar-refractivity contribution is 0.669. The van der Waals surface area contributed by atoms with Gasteiger partial charge in [-0.1, -0.05) is 152 Å². The predicted molar refractivity (Wildman–Crippen MR) is 235 cm³/mol. The van der Waals surface area contributed by atoms with Gasteiger partial charge in [0, 0.05) is 43.2 Å². The zero-order valence-corrected chi connectivity index (χ0v) is 30.6. The average Bonchev–Trinajstić information content (AvgIpc) is 3.83. The van der Waals surface area contributed by atoms with Crippen molar-refractivity contribution in [3.05, 3.63) is 200 Å². The molecular weight excluding hydrogens is 687 g/mol. The van der Waals surface area contributed by atoms with E-state index >= 15 is 0 Å². The molecule has 2 heterocycles. The molecule has 11 aromatic rings. The summed E-state index contributed by atoms with van der Waals surface area (Å²) in [6.07, 6.45) is 0. The quantitative estimate of drug-likeness (QED) is 0.170. The van der Waals surface area contributed by atoms with E-state index in [0.717, 1.165) is 39.0 Å². The lowest BCUT2D eigenvalue weighted by atomic mass is 9.92. The Hall–Kier alpha value is -6.94. The molecule has 55 heavy (non-hydrogen) atoms. The van der Waals surface area contributed by atoms with E-state index in [0.29, 0.717) is 0 Å². The van der Waals surface area contributed by atoms with Crippen LogP contribution in [0.25, 0.3) is 86.3 Å². The Morgan fingerprint density at radius 1 is 0.364 bits per heavy atom. The van der Waals surface area contributed by atoms with Gasteiger partial charge >= 0.3 is 0 Å². The van der Waals surface area contributed by atoms with E-state index in [1.807, 2.05) is 17.4 Å². The fourth-order valence-electron chi connectivity index (χ4n) is 8.23. The van der Waals surface area contributed by atoms with Gasteiger partial charge in [0.25, 0.3) is 0 Å². The SMILES string of the molecule is c1ccc(-c2ccccc2-c2ccc3c(sc4ccccc43)c2N(c2ccc(-c3ccc4ccccc4c3)cc2)c2ccc3oc4ccccc4c3c2)cc1. The Morgan fingerprint density at radius 2 is 1.04 bits per heavy atom. The van der Waals surface area contributed by atoms with Crippen molar-refractivity contribution in [3.8, 4) is 33.4 Å². The molecule has 2 aromatic heterocycles. The maximum atomic E-state index is 6.35. The minimum absolute atomic E-state index is 0.881. The Bertz CT molecular complexity index is 3210. The summed E-state index contributed by atoms with van der Waals surface area (Å²) in [6, 6.07) is 72.3. The number of fused-ring (bicyclic) bond motifs is 7. The van der Waals surface area contributed by atoms with Gasteiger partial charge in [0.1, 0.15) is 11.2 Å². The lowest BCUT2D eigenvalue weighted by Crippen LogP contribution is -2.11. The van der Waals surface area contributed by atoms with E-state index in [-0.39, 0.29) is 0 Å². The van der Waals surface area contributed by atoms with Crippen molar-refractivity contribution in [2.45, 2.75) is 0 Å². The van der Waals surface area contributed by atoms with Crippen molar-refractivity contribution in [2.75, 3.05) is 4.90 Å². The van der Waals surface area contributed by atoms with Crippen LogP contribution in [0.1, 0.15) is 0 Å². The van der Waals surface area contributed by atoms with Crippen LogP contribution in [0, 0.1) is 0 Å². The highest BCUT2D eigenvalue weighted by molar-refractivity contribution is 7.26. The molecule has 0 unspecified atom stereocenters. The highest BCUT2D eigenvalue weighted by Crippen LogP contribution is 2.51. The molecule has 0 radical (unpaired) electrons. The summed E-state index contributed by atoms with van der Waals surface area (Å²) < 4.78 is 8.87. The fraction of sp³-hybridized carbons (Fsp3) is 0. The molecular formula is C52H33NOS. The van der Waals surface area contributed by atoms with Crippen molar-refractivity contribution >= 4 is 81.3 Å². The molecule has 0 N–H and O–H groups in total. The van der Waals surface area contributed by atoms with Gasteiger partial charge in [0.2, 0.25) is 0 Å². The highest BCUT2D eigenvalue weighted by atomic mass is 32.1. The van der Waals surface area contributed by atoms with E-state index in [1.165, 1.54) is 64.3 Å². The van der Waals surface area contributed by atoms with Gasteiger partial charge in [-0.15, -0.1) is 11.3 Å². The molecule has 2 nitrogen and oxygen atoms in total. The number of hydrogen-bond acceptors (Lipinski definition) is 3. The van der Waals surface area contributed by atoms with Crippen LogP contribution in [-0.4, -0.2) is 0 Å². The summed E-state index contributed by atoms with van der Waals surface area (Å²) >= 11 is 1.87. The molecule has 0 saturated heterocycles. The fourth-order valence-corrected chi connectivity index (χ4v) is 9.47. The molecule has 0 aliphatic carbocycles. The predicted octanol–water partition coefficient (Wildman–Crippen LogP) is 15.6. The Kier molecular flexibility index (Phi) is 7.39. The number of anilines is 3. The maximum Gasteiger partial charge on any atom is 0.135 e. The number of rotatable bonds is 6. The third-order valence-electron chi connectivity index (χ3n) is 10.9. The largest absolute Gasteiger partial charge is 0.456 e. The van der Waals surface area contributed by atoms with Crippen LogP contribution in [0.2, 0.25) is 0 Å². The van der Waals surface area contributed by atoms with Gasteiger partial charge in [0.05, 0.1) is 10.4 Å². The number of furan rings is 1. The van der Waals surface area contributed by atoms with Crippen LogP contribution in [0.15, 0.2) is 205 Å². The van der Waals surface area contributed by atoms with Crippen molar-refractivity contribution in [3.63, 3.8) is 0 Å². The molecule has 0 spiro atoms. The van der Waals surface area contributed by atoms with Gasteiger partial charge in [-0.25, -0.2) is 0 Å². The zero-order chi connectivity index (χ0) is 36.3. The van der Waals surface area contributed by atoms with Crippen LogP contribution in [-0.2, 0) is 0 Å². The first-order valence-corrected chi connectivity index (χ1v) is 19.5. The number of thiophene rings is 1. The third kappa shape index (κ3) is 5.32.